The molecule has 0 unspecified atom stereocenters. The molecule has 0 aromatic carbocycles. The van der Waals surface area contributed by atoms with Crippen LogP contribution in [0.15, 0.2) is 0 Å². The molecule has 0 aliphatic carbocycles. The van der Waals surface area contributed by atoms with Crippen molar-refractivity contribution >= 4 is 6.16 Å². The fourth-order valence-electron chi connectivity index (χ4n) is 2.80. The molecule has 1 N–H and O–H groups in total. The first-order valence-corrected chi connectivity index (χ1v) is 6.73. The van der Waals surface area contributed by atoms with E-state index in [9.17, 15) is 9.90 Å². The van der Waals surface area contributed by atoms with Gasteiger partial charge in [-0.25, -0.2) is 4.79 Å². The lowest BCUT2D eigenvalue weighted by atomic mass is 9.80. The van der Waals surface area contributed by atoms with Crippen LogP contribution in [0, 0.1) is 0 Å². The minimum absolute atomic E-state index is 0.386. The molecule has 0 aromatic rings. The van der Waals surface area contributed by atoms with E-state index in [1.54, 1.807) is 25.8 Å². The highest BCUT2D eigenvalue weighted by Gasteiger charge is 2.48. The Labute approximate surface area is 115 Å². The summed E-state index contributed by atoms with van der Waals surface area (Å²) < 4.78 is 5.19. The molecule has 1 rings (SSSR count). The van der Waals surface area contributed by atoms with Crippen molar-refractivity contribution in [3.63, 3.8) is 0 Å². The number of hydrogen-bond acceptors (Lipinski definition) is 5. The third-order valence-corrected chi connectivity index (χ3v) is 3.13. The summed E-state index contributed by atoms with van der Waals surface area (Å²) >= 11 is 0. The first-order valence-electron chi connectivity index (χ1n) is 6.73. The Balaban J connectivity index is 2.82. The molecule has 0 spiro atoms. The highest BCUT2D eigenvalue weighted by atomic mass is 16.8. The van der Waals surface area contributed by atoms with Gasteiger partial charge in [0.1, 0.15) is 5.60 Å². The summed E-state index contributed by atoms with van der Waals surface area (Å²) in [5.41, 5.74) is -1.45. The average molecular weight is 273 g/mol. The second-order valence-corrected chi connectivity index (χ2v) is 7.54. The van der Waals surface area contributed by atoms with Gasteiger partial charge in [-0.2, -0.15) is 0 Å². The molecule has 0 atom stereocenters. The van der Waals surface area contributed by atoms with Crippen LogP contribution in [-0.2, 0) is 9.57 Å². The van der Waals surface area contributed by atoms with Crippen LogP contribution in [-0.4, -0.2) is 39.1 Å². The van der Waals surface area contributed by atoms with Crippen LogP contribution in [0.4, 0.5) is 4.79 Å². The molecule has 112 valence electrons. The summed E-state index contributed by atoms with van der Waals surface area (Å²) in [6.07, 6.45) is 0.0203. The Morgan fingerprint density at radius 3 is 1.95 bits per heavy atom. The topological polar surface area (TPSA) is 59.0 Å². The normalized spacial score (nSPS) is 24.0. The van der Waals surface area contributed by atoms with Gasteiger partial charge in [-0.15, -0.1) is 5.06 Å². The van der Waals surface area contributed by atoms with Crippen LogP contribution in [0.3, 0.4) is 0 Å². The number of aliphatic hydroxyl groups excluding tert-OH is 1. The summed E-state index contributed by atoms with van der Waals surface area (Å²) in [5.74, 6) is 0. The highest BCUT2D eigenvalue weighted by Crippen LogP contribution is 2.38. The molecular formula is C14H27NO4. The van der Waals surface area contributed by atoms with Crippen molar-refractivity contribution in [3.8, 4) is 0 Å². The van der Waals surface area contributed by atoms with Crippen LogP contribution >= 0.6 is 0 Å². The van der Waals surface area contributed by atoms with Crippen molar-refractivity contribution in [1.82, 2.24) is 5.06 Å². The van der Waals surface area contributed by atoms with Crippen molar-refractivity contribution in [2.45, 2.75) is 84.1 Å². The average Bonchev–Trinajstić information content (AvgIpc) is 2.06. The first kappa shape index (κ1) is 16.2. The van der Waals surface area contributed by atoms with Crippen LogP contribution in [0.1, 0.15) is 61.3 Å². The number of nitrogens with zero attached hydrogens (tertiary/aromatic N) is 1. The highest BCUT2D eigenvalue weighted by molar-refractivity contribution is 5.60. The number of carbonyl (C=O) groups is 1. The SMILES string of the molecule is CC(C)(C)OC(=O)ON1C(C)(C)CC(O)CC1(C)C. The molecule has 1 heterocycles. The fourth-order valence-corrected chi connectivity index (χ4v) is 2.80. The number of hydrogen-bond donors (Lipinski definition) is 1. The number of ether oxygens (including phenoxy) is 1. The van der Waals surface area contributed by atoms with E-state index in [1.807, 2.05) is 27.7 Å². The molecule has 0 amide bonds. The van der Waals surface area contributed by atoms with E-state index in [2.05, 4.69) is 0 Å². The third kappa shape index (κ3) is 4.35. The maximum Gasteiger partial charge on any atom is 0.528 e. The smallest absolute Gasteiger partial charge is 0.427 e. The largest absolute Gasteiger partial charge is 0.528 e. The summed E-state index contributed by atoms with van der Waals surface area (Å²) in [7, 11) is 0. The number of carbonyl (C=O) groups excluding carboxylic acids is 1. The van der Waals surface area contributed by atoms with Gasteiger partial charge in [0.25, 0.3) is 0 Å². The Morgan fingerprint density at radius 2 is 1.58 bits per heavy atom. The standard InChI is InChI=1S/C14H27NO4/c1-12(2,3)18-11(17)19-15-13(4,5)8-10(16)9-14(15,6)7/h10,16H,8-9H2,1-7H3. The number of piperidine rings is 1. The van der Waals surface area contributed by atoms with E-state index in [1.165, 1.54) is 0 Å². The lowest BCUT2D eigenvalue weighted by Gasteiger charge is -2.51. The number of rotatable bonds is 1. The van der Waals surface area contributed by atoms with E-state index < -0.39 is 22.8 Å². The van der Waals surface area contributed by atoms with Crippen molar-refractivity contribution in [2.75, 3.05) is 0 Å². The molecule has 0 bridgehead atoms. The summed E-state index contributed by atoms with van der Waals surface area (Å²) in [6, 6.07) is 0. The molecule has 0 saturated carbocycles. The molecule has 1 aliphatic rings. The third-order valence-electron chi connectivity index (χ3n) is 3.13. The molecule has 5 nitrogen and oxygen atoms in total. The lowest BCUT2D eigenvalue weighted by Crippen LogP contribution is -2.62. The van der Waals surface area contributed by atoms with Gasteiger partial charge >= 0.3 is 6.16 Å². The molecule has 0 radical (unpaired) electrons. The molecule has 0 aromatic heterocycles. The molecule has 19 heavy (non-hydrogen) atoms. The molecule has 1 saturated heterocycles. The van der Waals surface area contributed by atoms with Crippen molar-refractivity contribution in [1.29, 1.82) is 0 Å². The zero-order valence-corrected chi connectivity index (χ0v) is 13.1. The van der Waals surface area contributed by atoms with Crippen molar-refractivity contribution in [2.24, 2.45) is 0 Å². The minimum Gasteiger partial charge on any atom is -0.427 e. The van der Waals surface area contributed by atoms with E-state index >= 15 is 0 Å². The Hall–Kier alpha value is -0.810. The van der Waals surface area contributed by atoms with Gasteiger partial charge in [0, 0.05) is 0 Å². The van der Waals surface area contributed by atoms with Crippen LogP contribution in [0.25, 0.3) is 0 Å². The quantitative estimate of drug-likeness (QED) is 0.744. The van der Waals surface area contributed by atoms with Crippen molar-refractivity contribution in [3.05, 3.63) is 0 Å². The predicted molar refractivity (Wildman–Crippen MR) is 72.6 cm³/mol. The molecule has 5 heteroatoms. The summed E-state index contributed by atoms with van der Waals surface area (Å²) in [5, 5.41) is 11.6. The van der Waals surface area contributed by atoms with Gasteiger partial charge in [0.15, 0.2) is 0 Å². The summed E-state index contributed by atoms with van der Waals surface area (Å²) in [6.45, 7) is 13.2. The zero-order chi connectivity index (χ0) is 15.1. The van der Waals surface area contributed by atoms with Gasteiger partial charge in [-0.1, -0.05) is 0 Å². The fraction of sp³-hybridized carbons (Fsp3) is 0.929. The lowest BCUT2D eigenvalue weighted by molar-refractivity contribution is -0.268. The Bertz CT molecular complexity index is 326. The second kappa shape index (κ2) is 4.94. The van der Waals surface area contributed by atoms with E-state index in [0.717, 1.165) is 0 Å². The first-order chi connectivity index (χ1) is 8.33. The van der Waals surface area contributed by atoms with Crippen LogP contribution in [0.2, 0.25) is 0 Å². The van der Waals surface area contributed by atoms with E-state index in [4.69, 9.17) is 9.57 Å². The van der Waals surface area contributed by atoms with Gasteiger partial charge in [0.2, 0.25) is 0 Å². The number of aliphatic hydroxyl groups is 1. The summed E-state index contributed by atoms with van der Waals surface area (Å²) in [4.78, 5) is 17.2. The predicted octanol–water partition coefficient (Wildman–Crippen LogP) is 2.87. The van der Waals surface area contributed by atoms with Gasteiger partial charge in [0.05, 0.1) is 17.2 Å². The van der Waals surface area contributed by atoms with Gasteiger partial charge in [-0.05, 0) is 61.3 Å². The van der Waals surface area contributed by atoms with Crippen molar-refractivity contribution < 1.29 is 19.5 Å². The van der Waals surface area contributed by atoms with Gasteiger partial charge < -0.3 is 14.7 Å². The van der Waals surface area contributed by atoms with Gasteiger partial charge in [-0.3, -0.25) is 0 Å². The monoisotopic (exact) mass is 273 g/mol. The Morgan fingerprint density at radius 1 is 1.16 bits per heavy atom. The maximum absolute atomic E-state index is 11.8. The van der Waals surface area contributed by atoms with E-state index in [-0.39, 0.29) is 6.10 Å². The van der Waals surface area contributed by atoms with Crippen LogP contribution in [0.5, 0.6) is 0 Å². The maximum atomic E-state index is 11.8. The van der Waals surface area contributed by atoms with Crippen LogP contribution < -0.4 is 0 Å². The van der Waals surface area contributed by atoms with E-state index in [0.29, 0.717) is 12.8 Å². The second-order valence-electron chi connectivity index (χ2n) is 7.54. The zero-order valence-electron chi connectivity index (χ0n) is 13.1. The Kier molecular flexibility index (Phi) is 4.23. The molecule has 1 fully saturated rings. The molecular weight excluding hydrogens is 246 g/mol. The number of hydroxylamine groups is 2. The minimum atomic E-state index is -0.704. The molecule has 1 aliphatic heterocycles.